The summed E-state index contributed by atoms with van der Waals surface area (Å²) in [5.74, 6) is -0.144. The van der Waals surface area contributed by atoms with Gasteiger partial charge in [-0.25, -0.2) is 0 Å². The van der Waals surface area contributed by atoms with Gasteiger partial charge in [-0.2, -0.15) is 0 Å². The first-order chi connectivity index (χ1) is 9.13. The Balaban J connectivity index is 2.28. The van der Waals surface area contributed by atoms with Crippen LogP contribution in [0.5, 0.6) is 5.75 Å². The Morgan fingerprint density at radius 1 is 1.21 bits per heavy atom. The van der Waals surface area contributed by atoms with Crippen molar-refractivity contribution in [3.05, 3.63) is 59.2 Å². The molecule has 0 saturated carbocycles. The summed E-state index contributed by atoms with van der Waals surface area (Å²) >= 11 is 0. The molecular formula is C15H16N2O2. The third-order valence-corrected chi connectivity index (χ3v) is 3.04. The standard InChI is InChI=1S/C15H16N2O2/c1-10-12(6-4-8-14(10)18)15(19)17-13-7-3-2-5-11(13)9-16/h2-8,18H,9,16H2,1H3,(H,17,19). The summed E-state index contributed by atoms with van der Waals surface area (Å²) in [4.78, 5) is 12.2. The van der Waals surface area contributed by atoms with E-state index in [9.17, 15) is 9.90 Å². The van der Waals surface area contributed by atoms with Gasteiger partial charge < -0.3 is 16.2 Å². The summed E-state index contributed by atoms with van der Waals surface area (Å²) in [6.45, 7) is 2.06. The fraction of sp³-hybridized carbons (Fsp3) is 0.133. The molecule has 0 aliphatic carbocycles. The maximum absolute atomic E-state index is 12.2. The molecule has 0 fully saturated rings. The van der Waals surface area contributed by atoms with Crippen molar-refractivity contribution < 1.29 is 9.90 Å². The van der Waals surface area contributed by atoms with Crippen LogP contribution < -0.4 is 11.1 Å². The molecule has 0 bridgehead atoms. The lowest BCUT2D eigenvalue weighted by molar-refractivity contribution is 0.102. The van der Waals surface area contributed by atoms with Crippen molar-refractivity contribution in [2.24, 2.45) is 5.73 Å². The van der Waals surface area contributed by atoms with E-state index in [0.717, 1.165) is 5.56 Å². The van der Waals surface area contributed by atoms with E-state index in [0.29, 0.717) is 23.4 Å². The minimum absolute atomic E-state index is 0.111. The molecule has 0 aromatic heterocycles. The second-order valence-corrected chi connectivity index (χ2v) is 4.27. The Bertz CT molecular complexity index is 609. The van der Waals surface area contributed by atoms with Crippen LogP contribution in [0, 0.1) is 6.92 Å². The number of nitrogens with two attached hydrogens (primary N) is 1. The first-order valence-corrected chi connectivity index (χ1v) is 6.01. The summed E-state index contributed by atoms with van der Waals surface area (Å²) in [5, 5.41) is 12.4. The van der Waals surface area contributed by atoms with Crippen LogP contribution in [0.15, 0.2) is 42.5 Å². The third-order valence-electron chi connectivity index (χ3n) is 3.04. The maximum Gasteiger partial charge on any atom is 0.256 e. The molecule has 2 aromatic carbocycles. The van der Waals surface area contributed by atoms with E-state index in [1.807, 2.05) is 18.2 Å². The number of hydrogen-bond acceptors (Lipinski definition) is 3. The third kappa shape index (κ3) is 2.74. The molecule has 4 heteroatoms. The molecule has 19 heavy (non-hydrogen) atoms. The maximum atomic E-state index is 12.2. The smallest absolute Gasteiger partial charge is 0.256 e. The number of carbonyl (C=O) groups is 1. The number of hydrogen-bond donors (Lipinski definition) is 3. The molecule has 0 aliphatic rings. The molecule has 0 heterocycles. The van der Waals surface area contributed by atoms with Gasteiger partial charge in [0, 0.05) is 23.4 Å². The van der Waals surface area contributed by atoms with E-state index in [2.05, 4.69) is 5.32 Å². The minimum Gasteiger partial charge on any atom is -0.508 e. The number of phenolic OH excluding ortho intramolecular Hbond substituents is 1. The van der Waals surface area contributed by atoms with Crippen LogP contribution in [0.2, 0.25) is 0 Å². The number of amides is 1. The largest absolute Gasteiger partial charge is 0.508 e. The van der Waals surface area contributed by atoms with Gasteiger partial charge in [-0.15, -0.1) is 0 Å². The van der Waals surface area contributed by atoms with Gasteiger partial charge in [0.05, 0.1) is 0 Å². The molecule has 0 saturated heterocycles. The number of phenols is 1. The molecule has 4 N–H and O–H groups in total. The topological polar surface area (TPSA) is 75.3 Å². The predicted molar refractivity (Wildman–Crippen MR) is 75.1 cm³/mol. The number of rotatable bonds is 3. The van der Waals surface area contributed by atoms with Crippen LogP contribution in [0.25, 0.3) is 0 Å². The molecule has 2 rings (SSSR count). The van der Waals surface area contributed by atoms with Gasteiger partial charge in [0.15, 0.2) is 0 Å². The monoisotopic (exact) mass is 256 g/mol. The summed E-state index contributed by atoms with van der Waals surface area (Å²) in [6, 6.07) is 12.3. The molecule has 98 valence electrons. The SMILES string of the molecule is Cc1c(O)cccc1C(=O)Nc1ccccc1CN. The van der Waals surface area contributed by atoms with Crippen molar-refractivity contribution in [2.75, 3.05) is 5.32 Å². The zero-order valence-electron chi connectivity index (χ0n) is 10.7. The summed E-state index contributed by atoms with van der Waals surface area (Å²) < 4.78 is 0. The van der Waals surface area contributed by atoms with Crippen LogP contribution >= 0.6 is 0 Å². The molecule has 0 unspecified atom stereocenters. The minimum atomic E-state index is -0.255. The van der Waals surface area contributed by atoms with Crippen LogP contribution in [-0.2, 0) is 6.54 Å². The number of carbonyl (C=O) groups excluding carboxylic acids is 1. The van der Waals surface area contributed by atoms with E-state index < -0.39 is 0 Å². The first-order valence-electron chi connectivity index (χ1n) is 6.01. The quantitative estimate of drug-likeness (QED) is 0.789. The van der Waals surface area contributed by atoms with Gasteiger partial charge in [-0.3, -0.25) is 4.79 Å². The van der Waals surface area contributed by atoms with E-state index in [4.69, 9.17) is 5.73 Å². The fourth-order valence-corrected chi connectivity index (χ4v) is 1.88. The highest BCUT2D eigenvalue weighted by Gasteiger charge is 2.12. The average molecular weight is 256 g/mol. The lowest BCUT2D eigenvalue weighted by Crippen LogP contribution is -2.15. The average Bonchev–Trinajstić information content (AvgIpc) is 2.42. The number of nitrogens with one attached hydrogen (secondary N) is 1. The van der Waals surface area contributed by atoms with Crippen molar-refractivity contribution in [2.45, 2.75) is 13.5 Å². The second kappa shape index (κ2) is 5.54. The Hall–Kier alpha value is -2.33. The Morgan fingerprint density at radius 2 is 1.95 bits per heavy atom. The highest BCUT2D eigenvalue weighted by Crippen LogP contribution is 2.21. The van der Waals surface area contributed by atoms with Gasteiger partial charge in [0.1, 0.15) is 5.75 Å². The molecule has 1 amide bonds. The Labute approximate surface area is 111 Å². The lowest BCUT2D eigenvalue weighted by atomic mass is 10.1. The normalized spacial score (nSPS) is 10.2. The molecule has 0 radical (unpaired) electrons. The van der Waals surface area contributed by atoms with Crippen molar-refractivity contribution in [1.29, 1.82) is 0 Å². The van der Waals surface area contributed by atoms with Crippen molar-refractivity contribution in [1.82, 2.24) is 0 Å². The molecular weight excluding hydrogens is 240 g/mol. The second-order valence-electron chi connectivity index (χ2n) is 4.27. The van der Waals surface area contributed by atoms with Crippen molar-refractivity contribution in [3.8, 4) is 5.75 Å². The molecule has 0 spiro atoms. The number of anilines is 1. The van der Waals surface area contributed by atoms with Gasteiger partial charge >= 0.3 is 0 Å². The number of aromatic hydroxyl groups is 1. The van der Waals surface area contributed by atoms with E-state index in [-0.39, 0.29) is 11.7 Å². The molecule has 0 atom stereocenters. The van der Waals surface area contributed by atoms with Crippen LogP contribution in [0.4, 0.5) is 5.69 Å². The lowest BCUT2D eigenvalue weighted by Gasteiger charge is -2.11. The summed E-state index contributed by atoms with van der Waals surface area (Å²) in [5.41, 5.74) is 8.20. The number of benzene rings is 2. The van der Waals surface area contributed by atoms with E-state index in [1.165, 1.54) is 0 Å². The van der Waals surface area contributed by atoms with Gasteiger partial charge in [0.2, 0.25) is 0 Å². The molecule has 2 aromatic rings. The zero-order chi connectivity index (χ0) is 13.8. The predicted octanol–water partition coefficient (Wildman–Crippen LogP) is 2.41. The highest BCUT2D eigenvalue weighted by atomic mass is 16.3. The molecule has 4 nitrogen and oxygen atoms in total. The van der Waals surface area contributed by atoms with Gasteiger partial charge in [-0.05, 0) is 30.7 Å². The fourth-order valence-electron chi connectivity index (χ4n) is 1.88. The van der Waals surface area contributed by atoms with Crippen LogP contribution in [0.3, 0.4) is 0 Å². The van der Waals surface area contributed by atoms with Gasteiger partial charge in [-0.1, -0.05) is 24.3 Å². The summed E-state index contributed by atoms with van der Waals surface area (Å²) in [7, 11) is 0. The Kier molecular flexibility index (Phi) is 3.82. The molecule has 0 aliphatic heterocycles. The summed E-state index contributed by atoms with van der Waals surface area (Å²) in [6.07, 6.45) is 0. The Morgan fingerprint density at radius 3 is 2.68 bits per heavy atom. The van der Waals surface area contributed by atoms with Crippen molar-refractivity contribution in [3.63, 3.8) is 0 Å². The zero-order valence-corrected chi connectivity index (χ0v) is 10.7. The van der Waals surface area contributed by atoms with Crippen molar-refractivity contribution >= 4 is 11.6 Å². The highest BCUT2D eigenvalue weighted by molar-refractivity contribution is 6.06. The van der Waals surface area contributed by atoms with E-state index >= 15 is 0 Å². The van der Waals surface area contributed by atoms with Gasteiger partial charge in [0.25, 0.3) is 5.91 Å². The van der Waals surface area contributed by atoms with Crippen LogP contribution in [0.1, 0.15) is 21.5 Å². The number of para-hydroxylation sites is 1. The van der Waals surface area contributed by atoms with Crippen LogP contribution in [-0.4, -0.2) is 11.0 Å². The van der Waals surface area contributed by atoms with E-state index in [1.54, 1.807) is 31.2 Å². The first kappa shape index (κ1) is 13.1.